The van der Waals surface area contributed by atoms with Crippen LogP contribution in [0, 0.1) is 11.8 Å². The number of piperidine rings is 2. The van der Waals surface area contributed by atoms with Crippen LogP contribution in [-0.2, 0) is 4.79 Å². The Kier molecular flexibility index (Phi) is 9.91. The molecule has 7 nitrogen and oxygen atoms in total. The van der Waals surface area contributed by atoms with Crippen molar-refractivity contribution >= 4 is 5.78 Å². The predicted octanol–water partition coefficient (Wildman–Crippen LogP) is 7.55. The number of fused-ring (bicyclic) bond motifs is 2. The number of carbonyl (C=O) groups is 1. The molecule has 6 atom stereocenters. The summed E-state index contributed by atoms with van der Waals surface area (Å²) < 4.78 is 23.0. The number of Topliss-reactive ketones (excluding diaryl/α,β-unsaturated/α-hetero) is 1. The van der Waals surface area contributed by atoms with Crippen molar-refractivity contribution in [2.45, 2.75) is 51.9 Å². The van der Waals surface area contributed by atoms with Crippen molar-refractivity contribution in [3.63, 3.8) is 0 Å². The quantitative estimate of drug-likeness (QED) is 0.169. The number of ketones is 1. The van der Waals surface area contributed by atoms with Crippen LogP contribution in [0.4, 0.5) is 0 Å². The van der Waals surface area contributed by atoms with Crippen LogP contribution < -0.4 is 29.6 Å². The highest BCUT2D eigenvalue weighted by Crippen LogP contribution is 2.52. The predicted molar refractivity (Wildman–Crippen MR) is 180 cm³/mol. The molecule has 6 rings (SSSR count). The average Bonchev–Trinajstić information content (AvgIpc) is 3.07. The fraction of sp³-hybridized carbons (Fsp3) is 0.359. The lowest BCUT2D eigenvalue weighted by atomic mass is 9.64. The molecule has 0 amide bonds. The Morgan fingerprint density at radius 3 is 0.826 bits per heavy atom. The zero-order valence-corrected chi connectivity index (χ0v) is 27.1. The normalized spacial score (nSPS) is 23.9. The highest BCUT2D eigenvalue weighted by molar-refractivity contribution is 5.89. The molecule has 0 aromatic heterocycles. The summed E-state index contributed by atoms with van der Waals surface area (Å²) in [7, 11) is 0. The second kappa shape index (κ2) is 14.4. The van der Waals surface area contributed by atoms with Gasteiger partial charge < -0.3 is 29.6 Å². The minimum absolute atomic E-state index is 0.235. The van der Waals surface area contributed by atoms with Crippen molar-refractivity contribution in [1.29, 1.82) is 0 Å². The van der Waals surface area contributed by atoms with E-state index < -0.39 is 0 Å². The highest BCUT2D eigenvalue weighted by Gasteiger charge is 2.55. The van der Waals surface area contributed by atoms with E-state index in [9.17, 15) is 0 Å². The van der Waals surface area contributed by atoms with Gasteiger partial charge in [-0.15, -0.1) is 0 Å². The van der Waals surface area contributed by atoms with Gasteiger partial charge in [-0.05, 0) is 98.5 Å². The van der Waals surface area contributed by atoms with E-state index in [0.29, 0.717) is 26.4 Å². The number of hydrogen-bond donors (Lipinski definition) is 2. The molecular formula is C39H44N2O5. The lowest BCUT2D eigenvalue weighted by Gasteiger charge is -2.52. The molecule has 0 radical (unpaired) electrons. The summed E-state index contributed by atoms with van der Waals surface area (Å²) in [6.07, 6.45) is 0. The number of hydrogen-bond acceptors (Lipinski definition) is 7. The van der Waals surface area contributed by atoms with Crippen molar-refractivity contribution in [3.05, 3.63) is 119 Å². The zero-order valence-electron chi connectivity index (χ0n) is 27.1. The van der Waals surface area contributed by atoms with Gasteiger partial charge in [-0.3, -0.25) is 4.79 Å². The maximum atomic E-state index is 15.0. The van der Waals surface area contributed by atoms with Crippen molar-refractivity contribution < 1.29 is 23.7 Å². The minimum atomic E-state index is -0.348. The molecule has 2 saturated heterocycles. The number of carbonyl (C=O) groups excluding carboxylic acids is 1. The molecule has 0 aliphatic carbocycles. The monoisotopic (exact) mass is 620 g/mol. The van der Waals surface area contributed by atoms with Gasteiger partial charge in [0.15, 0.2) is 0 Å². The van der Waals surface area contributed by atoms with Gasteiger partial charge in [-0.2, -0.15) is 0 Å². The lowest BCUT2D eigenvalue weighted by molar-refractivity contribution is -0.139. The standard InChI is InChI=1S/C39H44N2O5/c1-5-43-29-17-9-25(10-18-29)35-33-36(26-11-19-30(20-12-26)44-6-2)41-38(28-15-23-32(24-16-28)46-8-4)34(39(33)42)37(40-35)27-13-21-31(22-14-27)45-7-3/h9-24,33-38,40-41H,5-8H2,1-4H3/t33?,34?,35-,36+,37+,38-. The molecule has 2 N–H and O–H groups in total. The van der Waals surface area contributed by atoms with Gasteiger partial charge in [0.05, 0.1) is 38.3 Å². The van der Waals surface area contributed by atoms with Crippen LogP contribution in [0.15, 0.2) is 97.1 Å². The van der Waals surface area contributed by atoms with Crippen LogP contribution in [-0.4, -0.2) is 32.2 Å². The van der Waals surface area contributed by atoms with Gasteiger partial charge in [0.1, 0.15) is 28.8 Å². The Morgan fingerprint density at radius 1 is 0.413 bits per heavy atom. The smallest absolute Gasteiger partial charge is 0.146 e. The first-order valence-corrected chi connectivity index (χ1v) is 16.5. The lowest BCUT2D eigenvalue weighted by Crippen LogP contribution is -2.60. The summed E-state index contributed by atoms with van der Waals surface area (Å²) in [6.45, 7) is 10.3. The van der Waals surface area contributed by atoms with Crippen LogP contribution >= 0.6 is 0 Å². The molecule has 46 heavy (non-hydrogen) atoms. The van der Waals surface area contributed by atoms with E-state index in [-0.39, 0.29) is 41.8 Å². The van der Waals surface area contributed by atoms with E-state index in [4.69, 9.17) is 18.9 Å². The van der Waals surface area contributed by atoms with Crippen LogP contribution in [0.5, 0.6) is 23.0 Å². The molecule has 0 saturated carbocycles. The summed E-state index contributed by atoms with van der Waals surface area (Å²) >= 11 is 0. The minimum Gasteiger partial charge on any atom is -0.494 e. The number of nitrogens with one attached hydrogen (secondary N) is 2. The van der Waals surface area contributed by atoms with Crippen LogP contribution in [0.25, 0.3) is 0 Å². The van der Waals surface area contributed by atoms with E-state index in [2.05, 4.69) is 59.2 Å². The van der Waals surface area contributed by atoms with Gasteiger partial charge in [-0.1, -0.05) is 48.5 Å². The topological polar surface area (TPSA) is 78.1 Å². The van der Waals surface area contributed by atoms with Gasteiger partial charge >= 0.3 is 0 Å². The van der Waals surface area contributed by atoms with Gasteiger partial charge in [-0.25, -0.2) is 0 Å². The molecule has 2 unspecified atom stereocenters. The van der Waals surface area contributed by atoms with Crippen molar-refractivity contribution in [3.8, 4) is 23.0 Å². The Labute approximate surface area is 272 Å². The molecule has 4 aromatic rings. The van der Waals surface area contributed by atoms with E-state index >= 15 is 4.79 Å². The molecule has 0 spiro atoms. The molecule has 4 aromatic carbocycles. The van der Waals surface area contributed by atoms with Crippen molar-refractivity contribution in [2.75, 3.05) is 26.4 Å². The summed E-state index contributed by atoms with van der Waals surface area (Å²) in [5, 5.41) is 7.98. The molecule has 2 fully saturated rings. The molecule has 2 bridgehead atoms. The first-order valence-electron chi connectivity index (χ1n) is 16.5. The van der Waals surface area contributed by atoms with E-state index in [1.54, 1.807) is 0 Å². The van der Waals surface area contributed by atoms with Crippen LogP contribution in [0.2, 0.25) is 0 Å². The fourth-order valence-electron chi connectivity index (χ4n) is 7.03. The molecule has 2 heterocycles. The zero-order chi connectivity index (χ0) is 32.0. The second-order valence-corrected chi connectivity index (χ2v) is 11.7. The summed E-state index contributed by atoms with van der Waals surface area (Å²) in [6, 6.07) is 31.7. The summed E-state index contributed by atoms with van der Waals surface area (Å²) in [5.41, 5.74) is 4.20. The number of rotatable bonds is 12. The average molecular weight is 621 g/mol. The van der Waals surface area contributed by atoms with Crippen molar-refractivity contribution in [1.82, 2.24) is 10.6 Å². The maximum absolute atomic E-state index is 15.0. The van der Waals surface area contributed by atoms with Crippen LogP contribution in [0.1, 0.15) is 74.1 Å². The highest BCUT2D eigenvalue weighted by atomic mass is 16.5. The first kappa shape index (κ1) is 31.6. The van der Waals surface area contributed by atoms with E-state index in [0.717, 1.165) is 45.3 Å². The van der Waals surface area contributed by atoms with Gasteiger partial charge in [0, 0.05) is 24.2 Å². The Balaban J connectivity index is 1.45. The summed E-state index contributed by atoms with van der Waals surface area (Å²) in [4.78, 5) is 15.0. The maximum Gasteiger partial charge on any atom is 0.146 e. The van der Waals surface area contributed by atoms with Crippen LogP contribution in [0.3, 0.4) is 0 Å². The third kappa shape index (κ3) is 6.48. The molecular weight excluding hydrogens is 576 g/mol. The Hall–Kier alpha value is -4.33. The molecule has 7 heteroatoms. The van der Waals surface area contributed by atoms with Crippen molar-refractivity contribution in [2.24, 2.45) is 11.8 Å². The first-order chi connectivity index (χ1) is 22.5. The third-order valence-electron chi connectivity index (χ3n) is 9.01. The number of benzene rings is 4. The van der Waals surface area contributed by atoms with E-state index in [1.165, 1.54) is 0 Å². The number of ether oxygens (including phenoxy) is 4. The summed E-state index contributed by atoms with van der Waals surface area (Å²) in [5.74, 6) is 2.81. The molecule has 240 valence electrons. The third-order valence-corrected chi connectivity index (χ3v) is 9.01. The Morgan fingerprint density at radius 2 is 0.630 bits per heavy atom. The molecule has 2 aliphatic rings. The van der Waals surface area contributed by atoms with Gasteiger partial charge in [0.2, 0.25) is 0 Å². The largest absolute Gasteiger partial charge is 0.494 e. The Bertz CT molecular complexity index is 1340. The molecule has 2 aliphatic heterocycles. The fourth-order valence-corrected chi connectivity index (χ4v) is 7.03. The second-order valence-electron chi connectivity index (χ2n) is 11.7. The SMILES string of the molecule is CCOc1ccc([C@H]2N[C@@H](c3ccc(OCC)cc3)C3C(=O)C2[C@H](c2ccc(OCC)cc2)N[C@@H]3c2ccc(OCC)cc2)cc1. The van der Waals surface area contributed by atoms with Gasteiger partial charge in [0.25, 0.3) is 0 Å². The van der Waals surface area contributed by atoms with E-state index in [1.807, 2.05) is 76.2 Å².